The van der Waals surface area contributed by atoms with Gasteiger partial charge in [0.2, 0.25) is 0 Å². The van der Waals surface area contributed by atoms with Gasteiger partial charge in [-0.1, -0.05) is 30.3 Å². The van der Waals surface area contributed by atoms with Crippen LogP contribution < -0.4 is 0 Å². The van der Waals surface area contributed by atoms with Gasteiger partial charge >= 0.3 is 5.97 Å². The van der Waals surface area contributed by atoms with Gasteiger partial charge in [0, 0.05) is 31.9 Å². The first kappa shape index (κ1) is 17.5. The molecule has 1 aromatic carbocycles. The summed E-state index contributed by atoms with van der Waals surface area (Å²) in [4.78, 5) is 24.8. The number of likely N-dealkylation sites (N-methyl/N-ethyl adjacent to an activating group) is 1. The highest BCUT2D eigenvalue weighted by atomic mass is 16.5. The molecule has 0 spiro atoms. The van der Waals surface area contributed by atoms with Gasteiger partial charge in [0.05, 0.1) is 12.7 Å². The van der Waals surface area contributed by atoms with E-state index in [4.69, 9.17) is 4.74 Å². The second kappa shape index (κ2) is 8.10. The van der Waals surface area contributed by atoms with Crippen molar-refractivity contribution in [2.45, 2.75) is 19.6 Å². The van der Waals surface area contributed by atoms with E-state index in [1.165, 1.54) is 11.0 Å². The Balaban J connectivity index is 1.90. The third-order valence-corrected chi connectivity index (χ3v) is 3.33. The average molecular weight is 327 g/mol. The second-order valence-electron chi connectivity index (χ2n) is 5.60. The maximum absolute atomic E-state index is 11.7. The molecular formula is C18H21N3O3. The predicted molar refractivity (Wildman–Crippen MR) is 91.1 cm³/mol. The highest BCUT2D eigenvalue weighted by Crippen LogP contribution is 2.06. The van der Waals surface area contributed by atoms with Gasteiger partial charge in [0.25, 0.3) is 5.91 Å². The van der Waals surface area contributed by atoms with E-state index < -0.39 is 12.1 Å². The molecule has 1 heterocycles. The maximum Gasteiger partial charge on any atom is 0.331 e. The number of rotatable bonds is 6. The molecule has 0 unspecified atom stereocenters. The predicted octanol–water partition coefficient (Wildman–Crippen LogP) is 1.96. The Kier molecular flexibility index (Phi) is 5.89. The number of carbonyl (C=O) groups is 2. The van der Waals surface area contributed by atoms with Gasteiger partial charge in [-0.25, -0.2) is 4.79 Å². The summed E-state index contributed by atoms with van der Waals surface area (Å²) in [5.41, 5.74) is 1.93. The highest BCUT2D eigenvalue weighted by molar-refractivity contribution is 5.90. The normalized spacial score (nSPS) is 12.1. The van der Waals surface area contributed by atoms with E-state index in [1.54, 1.807) is 38.0 Å². The van der Waals surface area contributed by atoms with Crippen molar-refractivity contribution in [3.8, 4) is 0 Å². The van der Waals surface area contributed by atoms with Crippen LogP contribution in [-0.4, -0.2) is 46.8 Å². The Labute approximate surface area is 141 Å². The van der Waals surface area contributed by atoms with Crippen LogP contribution in [0.25, 0.3) is 6.08 Å². The first-order chi connectivity index (χ1) is 11.5. The van der Waals surface area contributed by atoms with Gasteiger partial charge in [-0.3, -0.25) is 9.48 Å². The molecule has 24 heavy (non-hydrogen) atoms. The fourth-order valence-corrected chi connectivity index (χ4v) is 2.11. The van der Waals surface area contributed by atoms with E-state index >= 15 is 0 Å². The molecule has 1 aromatic heterocycles. The van der Waals surface area contributed by atoms with Crippen molar-refractivity contribution in [1.29, 1.82) is 0 Å². The molecule has 1 amide bonds. The summed E-state index contributed by atoms with van der Waals surface area (Å²) in [5, 5.41) is 4.25. The quantitative estimate of drug-likeness (QED) is 0.601. The van der Waals surface area contributed by atoms with Crippen LogP contribution in [0.15, 0.2) is 48.8 Å². The van der Waals surface area contributed by atoms with Crippen molar-refractivity contribution >= 4 is 18.0 Å². The van der Waals surface area contributed by atoms with E-state index in [1.807, 2.05) is 36.5 Å². The Morgan fingerprint density at radius 3 is 2.67 bits per heavy atom. The van der Waals surface area contributed by atoms with E-state index in [-0.39, 0.29) is 5.91 Å². The van der Waals surface area contributed by atoms with Crippen molar-refractivity contribution in [3.63, 3.8) is 0 Å². The van der Waals surface area contributed by atoms with Crippen LogP contribution in [0.3, 0.4) is 0 Å². The molecule has 2 aromatic rings. The number of aromatic nitrogens is 2. The molecule has 1 atom stereocenters. The molecule has 126 valence electrons. The van der Waals surface area contributed by atoms with Crippen LogP contribution in [-0.2, 0) is 20.9 Å². The third kappa shape index (κ3) is 5.08. The lowest BCUT2D eigenvalue weighted by molar-refractivity contribution is -0.153. The molecule has 0 bridgehead atoms. The number of hydrogen-bond acceptors (Lipinski definition) is 4. The Morgan fingerprint density at radius 1 is 1.29 bits per heavy atom. The van der Waals surface area contributed by atoms with Gasteiger partial charge in [-0.05, 0) is 18.6 Å². The summed E-state index contributed by atoms with van der Waals surface area (Å²) in [6.45, 7) is 2.21. The largest absolute Gasteiger partial charge is 0.449 e. The molecule has 0 aliphatic rings. The van der Waals surface area contributed by atoms with Gasteiger partial charge < -0.3 is 9.64 Å². The first-order valence-electron chi connectivity index (χ1n) is 7.62. The third-order valence-electron chi connectivity index (χ3n) is 3.33. The summed E-state index contributed by atoms with van der Waals surface area (Å²) >= 11 is 0. The van der Waals surface area contributed by atoms with E-state index in [9.17, 15) is 9.59 Å². The zero-order valence-corrected chi connectivity index (χ0v) is 14.0. The summed E-state index contributed by atoms with van der Waals surface area (Å²) in [6.07, 6.45) is 5.61. The zero-order chi connectivity index (χ0) is 17.5. The van der Waals surface area contributed by atoms with Gasteiger partial charge in [-0.2, -0.15) is 5.10 Å². The number of amides is 1. The van der Waals surface area contributed by atoms with Gasteiger partial charge in [0.1, 0.15) is 0 Å². The molecule has 0 N–H and O–H groups in total. The van der Waals surface area contributed by atoms with Gasteiger partial charge in [-0.15, -0.1) is 0 Å². The monoisotopic (exact) mass is 327 g/mol. The fourth-order valence-electron chi connectivity index (χ4n) is 2.11. The zero-order valence-electron chi connectivity index (χ0n) is 14.0. The average Bonchev–Trinajstić information content (AvgIpc) is 3.00. The number of carbonyl (C=O) groups excluding carboxylic acids is 2. The first-order valence-corrected chi connectivity index (χ1v) is 7.62. The van der Waals surface area contributed by atoms with Crippen LogP contribution in [0.4, 0.5) is 0 Å². The lowest BCUT2D eigenvalue weighted by Gasteiger charge is -2.16. The molecule has 0 aliphatic carbocycles. The number of ether oxygens (including phenoxy) is 1. The molecule has 6 nitrogen and oxygen atoms in total. The lowest BCUT2D eigenvalue weighted by Crippen LogP contribution is -2.34. The smallest absolute Gasteiger partial charge is 0.331 e. The van der Waals surface area contributed by atoms with E-state index in [0.29, 0.717) is 6.54 Å². The van der Waals surface area contributed by atoms with Crippen molar-refractivity contribution in [1.82, 2.24) is 14.7 Å². The molecule has 0 aliphatic heterocycles. The van der Waals surface area contributed by atoms with Crippen LogP contribution >= 0.6 is 0 Å². The Hall–Kier alpha value is -2.89. The standard InChI is InChI=1S/C18H21N3O3/c1-14(18(23)20(2)3)24-17(22)10-9-16-11-19-21(13-16)12-15-7-5-4-6-8-15/h4-11,13-14H,12H2,1-3H3/b10-9+/t14-/m0/s1. The van der Waals surface area contributed by atoms with Crippen LogP contribution in [0.2, 0.25) is 0 Å². The number of benzene rings is 1. The minimum Gasteiger partial charge on any atom is -0.449 e. The van der Waals surface area contributed by atoms with Crippen molar-refractivity contribution in [3.05, 3.63) is 59.9 Å². The van der Waals surface area contributed by atoms with Crippen molar-refractivity contribution < 1.29 is 14.3 Å². The topological polar surface area (TPSA) is 64.4 Å². The SMILES string of the molecule is C[C@H](OC(=O)/C=C/c1cnn(Cc2ccccc2)c1)C(=O)N(C)C. The van der Waals surface area contributed by atoms with Crippen LogP contribution in [0.5, 0.6) is 0 Å². The summed E-state index contributed by atoms with van der Waals surface area (Å²) in [7, 11) is 3.23. The molecular weight excluding hydrogens is 306 g/mol. The van der Waals surface area contributed by atoms with Gasteiger partial charge in [0.15, 0.2) is 6.10 Å². The molecule has 0 fully saturated rings. The summed E-state index contributed by atoms with van der Waals surface area (Å²) in [5.74, 6) is -0.819. The summed E-state index contributed by atoms with van der Waals surface area (Å²) in [6, 6.07) is 9.97. The molecule has 2 rings (SSSR count). The number of esters is 1. The molecule has 0 saturated heterocycles. The molecule has 0 saturated carbocycles. The van der Waals surface area contributed by atoms with Crippen molar-refractivity contribution in [2.24, 2.45) is 0 Å². The van der Waals surface area contributed by atoms with E-state index in [2.05, 4.69) is 5.10 Å². The number of hydrogen-bond donors (Lipinski definition) is 0. The summed E-state index contributed by atoms with van der Waals surface area (Å²) < 4.78 is 6.84. The molecule has 6 heteroatoms. The Morgan fingerprint density at radius 2 is 2.00 bits per heavy atom. The number of nitrogens with zero attached hydrogens (tertiary/aromatic N) is 3. The maximum atomic E-state index is 11.7. The lowest BCUT2D eigenvalue weighted by atomic mass is 10.2. The fraction of sp³-hybridized carbons (Fsp3) is 0.278. The van der Waals surface area contributed by atoms with Crippen molar-refractivity contribution in [2.75, 3.05) is 14.1 Å². The Bertz CT molecular complexity index is 720. The van der Waals surface area contributed by atoms with Crippen LogP contribution in [0.1, 0.15) is 18.1 Å². The minimum absolute atomic E-state index is 0.257. The second-order valence-corrected chi connectivity index (χ2v) is 5.60. The minimum atomic E-state index is -0.807. The highest BCUT2D eigenvalue weighted by Gasteiger charge is 2.17. The molecule has 0 radical (unpaired) electrons. The van der Waals surface area contributed by atoms with Crippen LogP contribution in [0, 0.1) is 0 Å². The van der Waals surface area contributed by atoms with E-state index in [0.717, 1.165) is 11.1 Å².